The second-order valence-corrected chi connectivity index (χ2v) is 7.81. The smallest absolute Gasteiger partial charge is 0.339 e. The Morgan fingerprint density at radius 2 is 1.84 bits per heavy atom. The van der Waals surface area contributed by atoms with Gasteiger partial charge in [-0.1, -0.05) is 44.2 Å². The molecule has 3 rings (SSSR count). The van der Waals surface area contributed by atoms with Crippen molar-refractivity contribution in [2.45, 2.75) is 39.7 Å². The lowest BCUT2D eigenvalue weighted by atomic mass is 10.0. The van der Waals surface area contributed by atoms with Crippen molar-refractivity contribution < 1.29 is 13.9 Å². The predicted molar refractivity (Wildman–Crippen MR) is 127 cm³/mol. The summed E-state index contributed by atoms with van der Waals surface area (Å²) < 4.78 is 10.7. The molecule has 1 atom stereocenters. The molecular formula is C26H32N2O4. The van der Waals surface area contributed by atoms with Crippen molar-refractivity contribution in [3.05, 3.63) is 75.6 Å². The monoisotopic (exact) mass is 436 g/mol. The number of ether oxygens (including phenoxy) is 1. The maximum atomic E-state index is 12.6. The molecule has 1 heterocycles. The summed E-state index contributed by atoms with van der Waals surface area (Å²) in [5, 5.41) is 3.92. The molecule has 0 aliphatic rings. The van der Waals surface area contributed by atoms with E-state index in [4.69, 9.17) is 9.15 Å². The summed E-state index contributed by atoms with van der Waals surface area (Å²) in [6.45, 7) is 8.46. The van der Waals surface area contributed by atoms with E-state index in [9.17, 15) is 9.59 Å². The zero-order valence-corrected chi connectivity index (χ0v) is 19.3. The highest BCUT2D eigenvalue weighted by Gasteiger charge is 2.19. The number of hydrogen-bond acceptors (Lipinski definition) is 5. The number of carbonyl (C=O) groups excluding carboxylic acids is 1. The van der Waals surface area contributed by atoms with Crippen molar-refractivity contribution in [1.29, 1.82) is 0 Å². The highest BCUT2D eigenvalue weighted by atomic mass is 16.5. The molecule has 0 saturated heterocycles. The largest absolute Gasteiger partial charge is 0.497 e. The molecule has 1 aromatic heterocycles. The van der Waals surface area contributed by atoms with Crippen molar-refractivity contribution in [3.8, 4) is 5.75 Å². The van der Waals surface area contributed by atoms with Gasteiger partial charge in [-0.2, -0.15) is 0 Å². The van der Waals surface area contributed by atoms with E-state index < -0.39 is 5.63 Å². The summed E-state index contributed by atoms with van der Waals surface area (Å²) >= 11 is 0. The average molecular weight is 437 g/mol. The van der Waals surface area contributed by atoms with Crippen LogP contribution in [-0.4, -0.2) is 37.6 Å². The molecule has 6 heteroatoms. The topological polar surface area (TPSA) is 71.8 Å². The first-order chi connectivity index (χ1) is 15.5. The molecule has 1 unspecified atom stereocenters. The van der Waals surface area contributed by atoms with E-state index in [2.05, 4.69) is 36.2 Å². The number of aryl methyl sites for hydroxylation is 1. The molecule has 0 radical (unpaired) electrons. The third-order valence-electron chi connectivity index (χ3n) is 6.03. The first-order valence-electron chi connectivity index (χ1n) is 11.1. The van der Waals surface area contributed by atoms with E-state index in [1.54, 1.807) is 13.2 Å². The molecular weight excluding hydrogens is 404 g/mol. The van der Waals surface area contributed by atoms with Crippen LogP contribution in [0.1, 0.15) is 43.0 Å². The molecule has 0 aliphatic carbocycles. The third-order valence-corrected chi connectivity index (χ3v) is 6.03. The second kappa shape index (κ2) is 11.0. The summed E-state index contributed by atoms with van der Waals surface area (Å²) in [5.74, 6) is 0.556. The Morgan fingerprint density at radius 1 is 1.12 bits per heavy atom. The summed E-state index contributed by atoms with van der Waals surface area (Å²) in [7, 11) is 1.57. The molecule has 6 nitrogen and oxygen atoms in total. The predicted octanol–water partition coefficient (Wildman–Crippen LogP) is 4.24. The Labute approximate surface area is 189 Å². The Hall–Kier alpha value is -3.12. The molecule has 0 spiro atoms. The van der Waals surface area contributed by atoms with Crippen LogP contribution in [0.15, 0.2) is 57.7 Å². The van der Waals surface area contributed by atoms with Crippen LogP contribution in [0, 0.1) is 6.92 Å². The quantitative estimate of drug-likeness (QED) is 0.481. The Kier molecular flexibility index (Phi) is 8.06. The number of benzene rings is 2. The molecule has 0 fully saturated rings. The van der Waals surface area contributed by atoms with Crippen LogP contribution in [0.5, 0.6) is 5.75 Å². The van der Waals surface area contributed by atoms with Crippen LogP contribution in [0.3, 0.4) is 0 Å². The molecule has 0 saturated carbocycles. The zero-order valence-electron chi connectivity index (χ0n) is 19.3. The average Bonchev–Trinajstić information content (AvgIpc) is 2.81. The van der Waals surface area contributed by atoms with Crippen LogP contribution in [0.4, 0.5) is 0 Å². The van der Waals surface area contributed by atoms with Crippen molar-refractivity contribution in [1.82, 2.24) is 10.2 Å². The third kappa shape index (κ3) is 5.37. The van der Waals surface area contributed by atoms with E-state index in [1.807, 2.05) is 37.3 Å². The summed E-state index contributed by atoms with van der Waals surface area (Å²) in [4.78, 5) is 27.5. The van der Waals surface area contributed by atoms with Crippen LogP contribution < -0.4 is 15.7 Å². The molecule has 1 amide bonds. The molecule has 0 bridgehead atoms. The van der Waals surface area contributed by atoms with Crippen molar-refractivity contribution in [2.75, 3.05) is 26.7 Å². The molecule has 2 aromatic carbocycles. The van der Waals surface area contributed by atoms with E-state index in [0.717, 1.165) is 24.0 Å². The lowest BCUT2D eigenvalue weighted by Gasteiger charge is -2.30. The normalized spacial score (nSPS) is 12.2. The van der Waals surface area contributed by atoms with E-state index in [0.29, 0.717) is 29.9 Å². The van der Waals surface area contributed by atoms with Gasteiger partial charge < -0.3 is 14.5 Å². The fourth-order valence-electron chi connectivity index (χ4n) is 4.13. The highest BCUT2D eigenvalue weighted by Crippen LogP contribution is 2.24. The van der Waals surface area contributed by atoms with Gasteiger partial charge in [-0.05, 0) is 49.7 Å². The number of hydrogen-bond donors (Lipinski definition) is 1. The van der Waals surface area contributed by atoms with Gasteiger partial charge in [-0.15, -0.1) is 0 Å². The maximum Gasteiger partial charge on any atom is 0.339 e. The zero-order chi connectivity index (χ0) is 23.1. The fraction of sp³-hybridized carbons (Fsp3) is 0.385. The van der Waals surface area contributed by atoms with Gasteiger partial charge in [-0.25, -0.2) is 4.79 Å². The standard InChI is InChI=1S/C26H32N2O4/c1-5-28(6-2)23(19-10-8-7-9-11-19)17-27-25(29)15-14-22-18(3)21-13-12-20(31-4)16-24(21)32-26(22)30/h7-13,16,23H,5-6,14-15,17H2,1-4H3,(H,27,29). The first-order valence-corrected chi connectivity index (χ1v) is 11.1. The highest BCUT2D eigenvalue weighted by molar-refractivity contribution is 5.82. The number of fused-ring (bicyclic) bond motifs is 1. The number of rotatable bonds is 10. The number of amides is 1. The summed E-state index contributed by atoms with van der Waals surface area (Å²) in [5.41, 5.74) is 2.66. The summed E-state index contributed by atoms with van der Waals surface area (Å²) in [6, 6.07) is 15.7. The summed E-state index contributed by atoms with van der Waals surface area (Å²) in [6.07, 6.45) is 0.566. The van der Waals surface area contributed by atoms with E-state index in [1.165, 1.54) is 5.56 Å². The van der Waals surface area contributed by atoms with Crippen LogP contribution >= 0.6 is 0 Å². The fourth-order valence-corrected chi connectivity index (χ4v) is 4.13. The molecule has 170 valence electrons. The second-order valence-electron chi connectivity index (χ2n) is 7.81. The van der Waals surface area contributed by atoms with E-state index >= 15 is 0 Å². The van der Waals surface area contributed by atoms with Crippen molar-refractivity contribution in [3.63, 3.8) is 0 Å². The molecule has 3 aromatic rings. The maximum absolute atomic E-state index is 12.6. The number of nitrogens with one attached hydrogen (secondary N) is 1. The lowest BCUT2D eigenvalue weighted by molar-refractivity contribution is -0.121. The Balaban J connectivity index is 1.69. The SMILES string of the molecule is CCN(CC)C(CNC(=O)CCc1c(C)c2ccc(OC)cc2oc1=O)c1ccccc1. The number of methoxy groups -OCH3 is 1. The van der Waals surface area contributed by atoms with Gasteiger partial charge in [0.2, 0.25) is 5.91 Å². The number of nitrogens with zero attached hydrogens (tertiary/aromatic N) is 1. The number of likely N-dealkylation sites (N-methyl/N-ethyl adjacent to an activating group) is 1. The van der Waals surface area contributed by atoms with Crippen molar-refractivity contribution >= 4 is 16.9 Å². The van der Waals surface area contributed by atoms with Gasteiger partial charge in [0.15, 0.2) is 0 Å². The molecule has 1 N–H and O–H groups in total. The lowest BCUT2D eigenvalue weighted by Crippen LogP contribution is -2.38. The molecule has 32 heavy (non-hydrogen) atoms. The van der Waals surface area contributed by atoms with Crippen molar-refractivity contribution in [2.24, 2.45) is 0 Å². The van der Waals surface area contributed by atoms with Gasteiger partial charge in [0.05, 0.1) is 13.2 Å². The van der Waals surface area contributed by atoms with Gasteiger partial charge in [0, 0.05) is 30.0 Å². The minimum Gasteiger partial charge on any atom is -0.497 e. The minimum absolute atomic E-state index is 0.0771. The minimum atomic E-state index is -0.402. The van der Waals surface area contributed by atoms with Gasteiger partial charge in [0.1, 0.15) is 11.3 Å². The van der Waals surface area contributed by atoms with Crippen LogP contribution in [0.25, 0.3) is 11.0 Å². The Bertz CT molecular complexity index is 1100. The first kappa shape index (κ1) is 23.5. The molecule has 0 aliphatic heterocycles. The van der Waals surface area contributed by atoms with E-state index in [-0.39, 0.29) is 18.4 Å². The van der Waals surface area contributed by atoms with Gasteiger partial charge >= 0.3 is 5.63 Å². The Morgan fingerprint density at radius 3 is 2.50 bits per heavy atom. The van der Waals surface area contributed by atoms with Gasteiger partial charge in [-0.3, -0.25) is 9.69 Å². The van der Waals surface area contributed by atoms with Gasteiger partial charge in [0.25, 0.3) is 0 Å². The van der Waals surface area contributed by atoms with Crippen LogP contribution in [0.2, 0.25) is 0 Å². The number of carbonyl (C=O) groups is 1. The van der Waals surface area contributed by atoms with Crippen LogP contribution in [-0.2, 0) is 11.2 Å².